The number of fused-ring (bicyclic) bond motifs is 3. The Kier molecular flexibility index (Phi) is 3.59. The average Bonchev–Trinajstić information content (AvgIpc) is 3.14. The van der Waals surface area contributed by atoms with Gasteiger partial charge in [-0.15, -0.1) is 0 Å². The van der Waals surface area contributed by atoms with Crippen molar-refractivity contribution in [3.05, 3.63) is 90.5 Å². The minimum absolute atomic E-state index is 0.282. The molecule has 0 amide bonds. The van der Waals surface area contributed by atoms with Crippen molar-refractivity contribution in [2.75, 3.05) is 6.61 Å². The second kappa shape index (κ2) is 6.33. The van der Waals surface area contributed by atoms with Crippen LogP contribution in [0.5, 0.6) is 0 Å². The SMILES string of the molecule is CCOC(=O)c1cc2cccc3cc(-c4ccccc4)c4c5ccccc5c1n4c23. The molecule has 3 nitrogen and oxygen atoms in total. The Hall–Kier alpha value is -3.85. The van der Waals surface area contributed by atoms with Gasteiger partial charge in [-0.3, -0.25) is 0 Å². The second-order valence-electron chi connectivity index (χ2n) is 7.57. The van der Waals surface area contributed by atoms with Crippen molar-refractivity contribution in [2.45, 2.75) is 6.92 Å². The number of nitrogens with zero attached hydrogens (tertiary/aromatic N) is 1. The van der Waals surface area contributed by atoms with Crippen LogP contribution in [0.15, 0.2) is 84.9 Å². The summed E-state index contributed by atoms with van der Waals surface area (Å²) in [6, 6.07) is 29.3. The number of benzene rings is 3. The van der Waals surface area contributed by atoms with E-state index in [1.165, 1.54) is 0 Å². The summed E-state index contributed by atoms with van der Waals surface area (Å²) < 4.78 is 7.70. The fourth-order valence-electron chi connectivity index (χ4n) is 4.72. The molecule has 0 saturated carbocycles. The molecular formula is C27H19NO2. The maximum absolute atomic E-state index is 13.0. The molecule has 0 bridgehead atoms. The largest absolute Gasteiger partial charge is 0.462 e. The van der Waals surface area contributed by atoms with Crippen LogP contribution >= 0.6 is 0 Å². The lowest BCUT2D eigenvalue weighted by molar-refractivity contribution is 0.0528. The lowest BCUT2D eigenvalue weighted by Gasteiger charge is -2.15. The van der Waals surface area contributed by atoms with Crippen LogP contribution in [0.1, 0.15) is 17.3 Å². The molecule has 0 atom stereocenters. The Morgan fingerprint density at radius 3 is 2.17 bits per heavy atom. The van der Waals surface area contributed by atoms with E-state index in [0.717, 1.165) is 49.2 Å². The highest BCUT2D eigenvalue weighted by atomic mass is 16.5. The number of pyridine rings is 2. The summed E-state index contributed by atoms with van der Waals surface area (Å²) in [6.45, 7) is 2.19. The van der Waals surface area contributed by atoms with Gasteiger partial charge >= 0.3 is 5.97 Å². The van der Waals surface area contributed by atoms with E-state index in [1.54, 1.807) is 0 Å². The molecule has 0 aliphatic rings. The van der Waals surface area contributed by atoms with E-state index < -0.39 is 0 Å². The van der Waals surface area contributed by atoms with Crippen LogP contribution in [0, 0.1) is 0 Å². The van der Waals surface area contributed by atoms with Crippen LogP contribution in [0.3, 0.4) is 0 Å². The monoisotopic (exact) mass is 389 g/mol. The predicted octanol–water partition coefficient (Wildman–Crippen LogP) is 6.68. The summed E-state index contributed by atoms with van der Waals surface area (Å²) in [6.07, 6.45) is 0. The molecule has 30 heavy (non-hydrogen) atoms. The van der Waals surface area contributed by atoms with Crippen molar-refractivity contribution in [3.63, 3.8) is 0 Å². The lowest BCUT2D eigenvalue weighted by atomic mass is 10.00. The normalized spacial score (nSPS) is 11.8. The van der Waals surface area contributed by atoms with E-state index in [9.17, 15) is 4.79 Å². The van der Waals surface area contributed by atoms with Gasteiger partial charge in [0.1, 0.15) is 0 Å². The molecule has 0 aliphatic carbocycles. The fraction of sp³-hybridized carbons (Fsp3) is 0.0741. The van der Waals surface area contributed by atoms with Gasteiger partial charge in [0, 0.05) is 21.7 Å². The van der Waals surface area contributed by atoms with E-state index in [-0.39, 0.29) is 5.97 Å². The van der Waals surface area contributed by atoms with E-state index in [2.05, 4.69) is 65.1 Å². The maximum atomic E-state index is 13.0. The molecule has 6 rings (SSSR count). The first-order chi connectivity index (χ1) is 14.8. The highest BCUT2D eigenvalue weighted by molar-refractivity contribution is 6.22. The average molecular weight is 389 g/mol. The van der Waals surface area contributed by atoms with Crippen LogP contribution in [-0.4, -0.2) is 17.0 Å². The van der Waals surface area contributed by atoms with Crippen LogP contribution in [0.4, 0.5) is 0 Å². The summed E-state index contributed by atoms with van der Waals surface area (Å²) >= 11 is 0. The number of hydrogen-bond donors (Lipinski definition) is 0. The Balaban J connectivity index is 1.92. The van der Waals surface area contributed by atoms with Gasteiger partial charge < -0.3 is 9.14 Å². The molecule has 0 spiro atoms. The third kappa shape index (κ3) is 2.23. The maximum Gasteiger partial charge on any atom is 0.340 e. The summed E-state index contributed by atoms with van der Waals surface area (Å²) in [7, 11) is 0. The molecule has 0 unspecified atom stereocenters. The highest BCUT2D eigenvalue weighted by Gasteiger charge is 2.23. The highest BCUT2D eigenvalue weighted by Crippen LogP contribution is 2.41. The molecule has 3 aromatic heterocycles. The van der Waals surface area contributed by atoms with Gasteiger partial charge in [0.05, 0.1) is 28.7 Å². The number of ether oxygens (including phenoxy) is 1. The molecule has 0 radical (unpaired) electrons. The molecule has 6 aromatic rings. The summed E-state index contributed by atoms with van der Waals surface area (Å²) in [5.74, 6) is -0.282. The molecule has 3 aromatic carbocycles. The summed E-state index contributed by atoms with van der Waals surface area (Å²) in [5.41, 5.74) is 6.10. The smallest absolute Gasteiger partial charge is 0.340 e. The van der Waals surface area contributed by atoms with Crippen molar-refractivity contribution in [3.8, 4) is 11.1 Å². The van der Waals surface area contributed by atoms with Crippen LogP contribution in [-0.2, 0) is 4.74 Å². The molecule has 0 aliphatic heterocycles. The Labute approximate surface area is 173 Å². The first-order valence-corrected chi connectivity index (χ1v) is 10.2. The summed E-state index contributed by atoms with van der Waals surface area (Å²) in [4.78, 5) is 13.0. The molecule has 0 fully saturated rings. The molecule has 3 heterocycles. The third-order valence-corrected chi connectivity index (χ3v) is 5.90. The number of esters is 1. The fourth-order valence-corrected chi connectivity index (χ4v) is 4.72. The van der Waals surface area contributed by atoms with Gasteiger partial charge in [-0.1, -0.05) is 72.8 Å². The number of hydrogen-bond acceptors (Lipinski definition) is 2. The zero-order chi connectivity index (χ0) is 20.2. The van der Waals surface area contributed by atoms with Crippen LogP contribution in [0.25, 0.3) is 49.2 Å². The van der Waals surface area contributed by atoms with Gasteiger partial charge in [-0.2, -0.15) is 0 Å². The first kappa shape index (κ1) is 17.0. The van der Waals surface area contributed by atoms with Gasteiger partial charge in [0.15, 0.2) is 0 Å². The Bertz CT molecular complexity index is 1560. The Morgan fingerprint density at radius 2 is 1.43 bits per heavy atom. The van der Waals surface area contributed by atoms with E-state index in [0.29, 0.717) is 12.2 Å². The van der Waals surface area contributed by atoms with Gasteiger partial charge in [-0.05, 0) is 30.0 Å². The lowest BCUT2D eigenvalue weighted by Crippen LogP contribution is -2.07. The second-order valence-corrected chi connectivity index (χ2v) is 7.57. The van der Waals surface area contributed by atoms with Gasteiger partial charge in [0.25, 0.3) is 0 Å². The van der Waals surface area contributed by atoms with Crippen molar-refractivity contribution in [1.82, 2.24) is 4.40 Å². The topological polar surface area (TPSA) is 30.7 Å². The molecule has 144 valence electrons. The van der Waals surface area contributed by atoms with E-state index in [1.807, 2.05) is 31.2 Å². The molecule has 0 saturated heterocycles. The number of rotatable bonds is 3. The quantitative estimate of drug-likeness (QED) is 0.316. The zero-order valence-corrected chi connectivity index (χ0v) is 16.6. The number of para-hydroxylation sites is 1. The Morgan fingerprint density at radius 1 is 0.767 bits per heavy atom. The van der Waals surface area contributed by atoms with Gasteiger partial charge in [-0.25, -0.2) is 4.79 Å². The minimum atomic E-state index is -0.282. The van der Waals surface area contributed by atoms with Crippen LogP contribution in [0.2, 0.25) is 0 Å². The standard InChI is InChI=1S/C27H19NO2/c1-2-30-27(29)23-16-19-12-8-11-18-15-22(17-9-4-3-5-10-17)25-20-13-6-7-14-21(20)26(23)28(25)24(18)19/h3-16H,2H2,1H3. The van der Waals surface area contributed by atoms with Crippen molar-refractivity contribution >= 4 is 44.1 Å². The van der Waals surface area contributed by atoms with Crippen LogP contribution < -0.4 is 0 Å². The van der Waals surface area contributed by atoms with Crippen molar-refractivity contribution in [2.24, 2.45) is 0 Å². The predicted molar refractivity (Wildman–Crippen MR) is 122 cm³/mol. The van der Waals surface area contributed by atoms with Crippen molar-refractivity contribution in [1.29, 1.82) is 0 Å². The zero-order valence-electron chi connectivity index (χ0n) is 16.6. The molecular weight excluding hydrogens is 370 g/mol. The number of aromatic nitrogens is 1. The first-order valence-electron chi connectivity index (χ1n) is 10.2. The number of carbonyl (C=O) groups is 1. The van der Waals surface area contributed by atoms with Gasteiger partial charge in [0.2, 0.25) is 0 Å². The van der Waals surface area contributed by atoms with E-state index >= 15 is 0 Å². The third-order valence-electron chi connectivity index (χ3n) is 5.90. The summed E-state index contributed by atoms with van der Waals surface area (Å²) in [5, 5.41) is 4.39. The minimum Gasteiger partial charge on any atom is -0.462 e. The van der Waals surface area contributed by atoms with Crippen molar-refractivity contribution < 1.29 is 9.53 Å². The van der Waals surface area contributed by atoms with E-state index in [4.69, 9.17) is 4.74 Å². The molecule has 3 heteroatoms. The number of carbonyl (C=O) groups excluding carboxylic acids is 1. The molecule has 0 N–H and O–H groups in total.